The fourth-order valence-electron chi connectivity index (χ4n) is 3.32. The van der Waals surface area contributed by atoms with Crippen molar-refractivity contribution in [3.63, 3.8) is 0 Å². The predicted molar refractivity (Wildman–Crippen MR) is 107 cm³/mol. The first-order chi connectivity index (χ1) is 12.7. The van der Waals surface area contributed by atoms with Gasteiger partial charge in [-0.15, -0.1) is 0 Å². The summed E-state index contributed by atoms with van der Waals surface area (Å²) in [6.07, 6.45) is 0. The van der Waals surface area contributed by atoms with Crippen molar-refractivity contribution in [2.45, 2.75) is 25.8 Å². The van der Waals surface area contributed by atoms with Crippen LogP contribution >= 0.6 is 0 Å². The smallest absolute Gasteiger partial charge is 0.232 e. The molecule has 0 fully saturated rings. The lowest BCUT2D eigenvalue weighted by Crippen LogP contribution is -2.35. The van der Waals surface area contributed by atoms with Gasteiger partial charge in [0.1, 0.15) is 0 Å². The zero-order valence-corrected chi connectivity index (χ0v) is 15.3. The van der Waals surface area contributed by atoms with Crippen molar-refractivity contribution in [2.24, 2.45) is 5.92 Å². The quantitative estimate of drug-likeness (QED) is 0.644. The maximum atomic E-state index is 13.3. The van der Waals surface area contributed by atoms with Crippen molar-refractivity contribution in [2.75, 3.05) is 0 Å². The largest absolute Gasteiger partial charge is 0.348 e. The van der Waals surface area contributed by atoms with Gasteiger partial charge < -0.3 is 5.32 Å². The summed E-state index contributed by atoms with van der Waals surface area (Å²) < 4.78 is 0. The highest BCUT2D eigenvalue weighted by atomic mass is 16.1. The van der Waals surface area contributed by atoms with E-state index in [1.165, 1.54) is 0 Å². The Kier molecular flexibility index (Phi) is 5.85. The highest BCUT2D eigenvalue weighted by Gasteiger charge is 2.26. The minimum Gasteiger partial charge on any atom is -0.348 e. The van der Waals surface area contributed by atoms with E-state index in [4.69, 9.17) is 0 Å². The third-order valence-electron chi connectivity index (χ3n) is 4.65. The molecule has 0 radical (unpaired) electrons. The second-order valence-corrected chi connectivity index (χ2v) is 6.90. The number of hydrogen-bond acceptors (Lipinski definition) is 1. The van der Waals surface area contributed by atoms with Gasteiger partial charge in [-0.1, -0.05) is 105 Å². The van der Waals surface area contributed by atoms with E-state index in [9.17, 15) is 4.79 Å². The molecule has 0 saturated carbocycles. The molecule has 0 heterocycles. The molecular weight excluding hydrogens is 318 g/mol. The lowest BCUT2D eigenvalue weighted by molar-refractivity contribution is -0.122. The molecule has 0 unspecified atom stereocenters. The number of amides is 1. The SMILES string of the molecule is CC(C)[C@H](NC(=O)C(c1ccccc1)c1ccccc1)c1ccccc1. The number of rotatable bonds is 6. The van der Waals surface area contributed by atoms with Gasteiger partial charge in [0.15, 0.2) is 0 Å². The highest BCUT2D eigenvalue weighted by molar-refractivity contribution is 5.87. The third-order valence-corrected chi connectivity index (χ3v) is 4.65. The van der Waals surface area contributed by atoms with Gasteiger partial charge in [0.25, 0.3) is 0 Å². The van der Waals surface area contributed by atoms with Crippen LogP contribution in [0.4, 0.5) is 0 Å². The summed E-state index contributed by atoms with van der Waals surface area (Å²) in [6.45, 7) is 4.27. The normalized spacial score (nSPS) is 12.2. The Morgan fingerprint density at radius 1 is 0.654 bits per heavy atom. The van der Waals surface area contributed by atoms with Gasteiger partial charge in [0, 0.05) is 0 Å². The van der Waals surface area contributed by atoms with E-state index in [1.807, 2.05) is 78.9 Å². The molecule has 0 bridgehead atoms. The standard InChI is InChI=1S/C24H25NO/c1-18(2)23(21-16-10-5-11-17-21)25-24(26)22(19-12-6-3-7-13-19)20-14-8-4-9-15-20/h3-18,22-23H,1-2H3,(H,25,26)/t23-/m0/s1. The van der Waals surface area contributed by atoms with Crippen LogP contribution in [0.1, 0.15) is 42.5 Å². The van der Waals surface area contributed by atoms with Crippen LogP contribution in [-0.2, 0) is 4.79 Å². The Balaban J connectivity index is 1.93. The lowest BCUT2D eigenvalue weighted by Gasteiger charge is -2.26. The number of benzene rings is 3. The number of nitrogens with one attached hydrogen (secondary N) is 1. The molecule has 0 aromatic heterocycles. The Morgan fingerprint density at radius 2 is 1.04 bits per heavy atom. The zero-order valence-electron chi connectivity index (χ0n) is 15.3. The number of carbonyl (C=O) groups is 1. The third kappa shape index (κ3) is 4.20. The van der Waals surface area contributed by atoms with Gasteiger partial charge in [0.05, 0.1) is 12.0 Å². The average Bonchev–Trinajstić information content (AvgIpc) is 2.68. The van der Waals surface area contributed by atoms with Crippen molar-refractivity contribution in [1.29, 1.82) is 0 Å². The van der Waals surface area contributed by atoms with Gasteiger partial charge in [-0.05, 0) is 22.6 Å². The van der Waals surface area contributed by atoms with E-state index in [0.29, 0.717) is 5.92 Å². The van der Waals surface area contributed by atoms with Gasteiger partial charge >= 0.3 is 0 Å². The molecule has 1 atom stereocenters. The van der Waals surface area contributed by atoms with Crippen LogP contribution in [0.3, 0.4) is 0 Å². The Bertz CT molecular complexity index is 773. The molecule has 0 saturated heterocycles. The fourth-order valence-corrected chi connectivity index (χ4v) is 3.32. The molecule has 0 aliphatic heterocycles. The monoisotopic (exact) mass is 343 g/mol. The molecule has 0 aliphatic rings. The van der Waals surface area contributed by atoms with Crippen LogP contribution in [0.2, 0.25) is 0 Å². The molecule has 3 rings (SSSR count). The van der Waals surface area contributed by atoms with E-state index < -0.39 is 0 Å². The topological polar surface area (TPSA) is 29.1 Å². The predicted octanol–water partition coefficient (Wildman–Crippen LogP) is 5.33. The second-order valence-electron chi connectivity index (χ2n) is 6.90. The minimum atomic E-state index is -0.317. The van der Waals surface area contributed by atoms with E-state index in [0.717, 1.165) is 16.7 Å². The molecule has 132 valence electrons. The first kappa shape index (κ1) is 17.9. The van der Waals surface area contributed by atoms with Crippen LogP contribution in [-0.4, -0.2) is 5.91 Å². The van der Waals surface area contributed by atoms with Crippen molar-refractivity contribution in [3.8, 4) is 0 Å². The summed E-state index contributed by atoms with van der Waals surface area (Å²) in [6, 6.07) is 30.1. The molecule has 2 nitrogen and oxygen atoms in total. The highest BCUT2D eigenvalue weighted by Crippen LogP contribution is 2.28. The molecular formula is C24H25NO. The summed E-state index contributed by atoms with van der Waals surface area (Å²) in [5, 5.41) is 3.29. The molecule has 0 spiro atoms. The Labute approximate surface area is 155 Å². The molecule has 3 aromatic carbocycles. The molecule has 2 heteroatoms. The van der Waals surface area contributed by atoms with Crippen molar-refractivity contribution < 1.29 is 4.79 Å². The van der Waals surface area contributed by atoms with Crippen molar-refractivity contribution >= 4 is 5.91 Å². The van der Waals surface area contributed by atoms with E-state index in [2.05, 4.69) is 31.3 Å². The van der Waals surface area contributed by atoms with E-state index in [1.54, 1.807) is 0 Å². The van der Waals surface area contributed by atoms with Gasteiger partial charge in [0.2, 0.25) is 5.91 Å². The molecule has 3 aromatic rings. The van der Waals surface area contributed by atoms with Gasteiger partial charge in [-0.25, -0.2) is 0 Å². The molecule has 26 heavy (non-hydrogen) atoms. The van der Waals surface area contributed by atoms with E-state index >= 15 is 0 Å². The Morgan fingerprint density at radius 3 is 1.42 bits per heavy atom. The maximum absolute atomic E-state index is 13.3. The molecule has 0 aliphatic carbocycles. The first-order valence-corrected chi connectivity index (χ1v) is 9.12. The van der Waals surface area contributed by atoms with Crippen LogP contribution in [0.15, 0.2) is 91.0 Å². The lowest BCUT2D eigenvalue weighted by atomic mass is 9.89. The fraction of sp³-hybridized carbons (Fsp3) is 0.208. The summed E-state index contributed by atoms with van der Waals surface area (Å²) in [5.74, 6) is 0.0147. The van der Waals surface area contributed by atoms with Crippen LogP contribution < -0.4 is 5.32 Å². The molecule has 1 amide bonds. The van der Waals surface area contributed by atoms with Crippen LogP contribution in [0.5, 0.6) is 0 Å². The average molecular weight is 343 g/mol. The van der Waals surface area contributed by atoms with Crippen LogP contribution in [0, 0.1) is 5.92 Å². The second kappa shape index (κ2) is 8.48. The Hall–Kier alpha value is -2.87. The summed E-state index contributed by atoms with van der Waals surface area (Å²) >= 11 is 0. The summed E-state index contributed by atoms with van der Waals surface area (Å²) in [5.41, 5.74) is 3.15. The number of carbonyl (C=O) groups excluding carboxylic acids is 1. The van der Waals surface area contributed by atoms with Crippen molar-refractivity contribution in [3.05, 3.63) is 108 Å². The first-order valence-electron chi connectivity index (χ1n) is 9.12. The van der Waals surface area contributed by atoms with Crippen LogP contribution in [0.25, 0.3) is 0 Å². The maximum Gasteiger partial charge on any atom is 0.232 e. The van der Waals surface area contributed by atoms with E-state index in [-0.39, 0.29) is 17.9 Å². The number of hydrogen-bond donors (Lipinski definition) is 1. The zero-order chi connectivity index (χ0) is 18.4. The summed E-state index contributed by atoms with van der Waals surface area (Å²) in [7, 11) is 0. The van der Waals surface area contributed by atoms with Crippen molar-refractivity contribution in [1.82, 2.24) is 5.32 Å². The minimum absolute atomic E-state index is 0.0152. The van der Waals surface area contributed by atoms with Gasteiger partial charge in [-0.3, -0.25) is 4.79 Å². The molecule has 1 N–H and O–H groups in total. The van der Waals surface area contributed by atoms with Gasteiger partial charge in [-0.2, -0.15) is 0 Å². The summed E-state index contributed by atoms with van der Waals surface area (Å²) in [4.78, 5) is 13.3.